The molecular weight excluding hydrogens is 492 g/mol. The molecular formula is C25H22BrClN2O3. The molecule has 3 rings (SSSR count). The van der Waals surface area contributed by atoms with Crippen molar-refractivity contribution in [1.29, 1.82) is 0 Å². The number of carbonyl (C=O) groups is 2. The van der Waals surface area contributed by atoms with E-state index in [4.69, 9.17) is 11.6 Å². The lowest BCUT2D eigenvalue weighted by molar-refractivity contribution is -0.118. The van der Waals surface area contributed by atoms with Gasteiger partial charge in [0, 0.05) is 10.6 Å². The summed E-state index contributed by atoms with van der Waals surface area (Å²) in [6.07, 6.45) is 0.446. The van der Waals surface area contributed by atoms with Gasteiger partial charge in [0.1, 0.15) is 5.70 Å². The number of halogens is 2. The maximum atomic E-state index is 13.2. The highest BCUT2D eigenvalue weighted by molar-refractivity contribution is 9.15. The number of nitrogens with one attached hydrogen (secondary N) is 2. The highest BCUT2D eigenvalue weighted by atomic mass is 79.9. The Bertz CT molecular complexity index is 1100. The Labute approximate surface area is 200 Å². The van der Waals surface area contributed by atoms with E-state index >= 15 is 0 Å². The van der Waals surface area contributed by atoms with Gasteiger partial charge in [-0.05, 0) is 51.7 Å². The fourth-order valence-electron chi connectivity index (χ4n) is 3.07. The van der Waals surface area contributed by atoms with Gasteiger partial charge in [-0.1, -0.05) is 78.3 Å². The van der Waals surface area contributed by atoms with Crippen LogP contribution < -0.4 is 10.6 Å². The number of aliphatic hydroxyl groups excluding tert-OH is 1. The van der Waals surface area contributed by atoms with Crippen LogP contribution in [0.15, 0.2) is 90.6 Å². The van der Waals surface area contributed by atoms with Crippen LogP contribution in [-0.2, 0) is 11.2 Å². The molecule has 0 spiro atoms. The summed E-state index contributed by atoms with van der Waals surface area (Å²) in [5, 5.41) is 15.7. The normalized spacial score (nSPS) is 12.5. The average Bonchev–Trinajstić information content (AvgIpc) is 2.82. The molecule has 5 nitrogen and oxygen atoms in total. The Balaban J connectivity index is 1.87. The zero-order valence-corrected chi connectivity index (χ0v) is 19.4. The average molecular weight is 514 g/mol. The zero-order chi connectivity index (χ0) is 22.9. The molecule has 3 N–H and O–H groups in total. The molecule has 2 amide bonds. The van der Waals surface area contributed by atoms with Crippen molar-refractivity contribution in [2.45, 2.75) is 12.5 Å². The van der Waals surface area contributed by atoms with E-state index in [1.165, 1.54) is 6.07 Å². The first kappa shape index (κ1) is 23.7. The van der Waals surface area contributed by atoms with Crippen molar-refractivity contribution in [2.75, 3.05) is 6.61 Å². The van der Waals surface area contributed by atoms with Crippen molar-refractivity contribution in [1.82, 2.24) is 10.6 Å². The van der Waals surface area contributed by atoms with Crippen LogP contribution in [0.4, 0.5) is 0 Å². The van der Waals surface area contributed by atoms with Crippen molar-refractivity contribution in [3.63, 3.8) is 0 Å². The first-order valence-corrected chi connectivity index (χ1v) is 11.1. The molecule has 3 aromatic rings. The molecule has 0 aliphatic carbocycles. The van der Waals surface area contributed by atoms with Gasteiger partial charge < -0.3 is 15.7 Å². The minimum atomic E-state index is -0.529. The minimum Gasteiger partial charge on any atom is -0.394 e. The smallest absolute Gasteiger partial charge is 0.269 e. The van der Waals surface area contributed by atoms with Gasteiger partial charge in [0.05, 0.1) is 17.1 Å². The van der Waals surface area contributed by atoms with Gasteiger partial charge in [0.25, 0.3) is 11.8 Å². The van der Waals surface area contributed by atoms with Crippen LogP contribution in [0.1, 0.15) is 21.5 Å². The molecule has 0 aliphatic rings. The van der Waals surface area contributed by atoms with Gasteiger partial charge in [-0.15, -0.1) is 0 Å². The van der Waals surface area contributed by atoms with E-state index in [-0.39, 0.29) is 12.3 Å². The van der Waals surface area contributed by atoms with Crippen molar-refractivity contribution in [3.05, 3.63) is 112 Å². The van der Waals surface area contributed by atoms with Gasteiger partial charge in [0.2, 0.25) is 0 Å². The van der Waals surface area contributed by atoms with E-state index < -0.39 is 17.9 Å². The lowest BCUT2D eigenvalue weighted by Gasteiger charge is -2.19. The van der Waals surface area contributed by atoms with E-state index in [2.05, 4.69) is 26.6 Å². The number of hydrogen-bond acceptors (Lipinski definition) is 3. The third-order valence-electron chi connectivity index (χ3n) is 4.68. The molecule has 0 saturated carbocycles. The lowest BCUT2D eigenvalue weighted by Crippen LogP contribution is -2.43. The summed E-state index contributed by atoms with van der Waals surface area (Å²) in [4.78, 5) is 26.0. The molecule has 164 valence electrons. The molecule has 0 heterocycles. The first-order chi connectivity index (χ1) is 15.5. The van der Waals surface area contributed by atoms with E-state index in [1.54, 1.807) is 18.2 Å². The van der Waals surface area contributed by atoms with E-state index in [1.807, 2.05) is 60.7 Å². The monoisotopic (exact) mass is 512 g/mol. The van der Waals surface area contributed by atoms with Gasteiger partial charge in [-0.3, -0.25) is 9.59 Å². The molecule has 0 aromatic heterocycles. The lowest BCUT2D eigenvalue weighted by atomic mass is 10.1. The second kappa shape index (κ2) is 11.6. The topological polar surface area (TPSA) is 78.4 Å². The molecule has 0 saturated heterocycles. The summed E-state index contributed by atoms with van der Waals surface area (Å²) in [5.41, 5.74) is 2.04. The summed E-state index contributed by atoms with van der Waals surface area (Å²) in [5.74, 6) is -1.000. The maximum absolute atomic E-state index is 13.2. The predicted molar refractivity (Wildman–Crippen MR) is 130 cm³/mol. The zero-order valence-electron chi connectivity index (χ0n) is 17.1. The minimum absolute atomic E-state index is 0.0349. The largest absolute Gasteiger partial charge is 0.394 e. The maximum Gasteiger partial charge on any atom is 0.269 e. The summed E-state index contributed by atoms with van der Waals surface area (Å²) >= 11 is 9.47. The van der Waals surface area contributed by atoms with Gasteiger partial charge >= 0.3 is 0 Å². The Morgan fingerprint density at radius 1 is 0.906 bits per heavy atom. The highest BCUT2D eigenvalue weighted by Crippen LogP contribution is 2.25. The SMILES string of the molecule is O=C(N[C@H](CO)Cc1ccccc1)/C(NC(=O)c1cccc(Cl)c1)=C(/Br)c1ccccc1. The van der Waals surface area contributed by atoms with Crippen molar-refractivity contribution in [3.8, 4) is 0 Å². The number of carbonyl (C=O) groups excluding carboxylic acids is 2. The molecule has 1 atom stereocenters. The number of hydrogen-bond donors (Lipinski definition) is 3. The summed E-state index contributed by atoms with van der Waals surface area (Å²) in [7, 11) is 0. The van der Waals surface area contributed by atoms with Crippen molar-refractivity contribution < 1.29 is 14.7 Å². The number of rotatable bonds is 8. The third kappa shape index (κ3) is 6.53. The van der Waals surface area contributed by atoms with Crippen LogP contribution in [0.2, 0.25) is 5.02 Å². The van der Waals surface area contributed by atoms with Crippen molar-refractivity contribution >= 4 is 43.8 Å². The molecule has 0 radical (unpaired) electrons. The molecule has 7 heteroatoms. The van der Waals surface area contributed by atoms with E-state index in [0.29, 0.717) is 27.1 Å². The summed E-state index contributed by atoms with van der Waals surface area (Å²) in [6.45, 7) is -0.251. The Morgan fingerprint density at radius 2 is 1.53 bits per heavy atom. The van der Waals surface area contributed by atoms with Crippen LogP contribution >= 0.6 is 27.5 Å². The quantitative estimate of drug-likeness (QED) is 0.387. The molecule has 0 bridgehead atoms. The Hall–Kier alpha value is -2.93. The van der Waals surface area contributed by atoms with Crippen LogP contribution in [0.25, 0.3) is 4.48 Å². The fraction of sp³-hybridized carbons (Fsp3) is 0.120. The molecule has 32 heavy (non-hydrogen) atoms. The highest BCUT2D eigenvalue weighted by Gasteiger charge is 2.22. The predicted octanol–water partition coefficient (Wildman–Crippen LogP) is 4.55. The second-order valence-corrected chi connectivity index (χ2v) is 8.29. The molecule has 0 fully saturated rings. The van der Waals surface area contributed by atoms with Gasteiger partial charge in [-0.25, -0.2) is 0 Å². The number of benzene rings is 3. The van der Waals surface area contributed by atoms with Crippen molar-refractivity contribution in [2.24, 2.45) is 0 Å². The standard InChI is InChI=1S/C25H22BrClN2O3/c26-22(18-10-5-2-6-11-18)23(29-24(31)19-12-7-13-20(27)15-19)25(32)28-21(16-30)14-17-8-3-1-4-9-17/h1-13,15,21,30H,14,16H2,(H,28,32)(H,29,31)/b23-22-/t21-/m0/s1. The van der Waals surface area contributed by atoms with E-state index in [9.17, 15) is 14.7 Å². The molecule has 0 unspecified atom stereocenters. The van der Waals surface area contributed by atoms with Gasteiger partial charge in [0.15, 0.2) is 0 Å². The third-order valence-corrected chi connectivity index (χ3v) is 5.77. The molecule has 3 aromatic carbocycles. The van der Waals surface area contributed by atoms with Crippen LogP contribution in [0.5, 0.6) is 0 Å². The summed E-state index contributed by atoms with van der Waals surface area (Å²) < 4.78 is 0.419. The number of aliphatic hydroxyl groups is 1. The Kier molecular flexibility index (Phi) is 8.62. The van der Waals surface area contributed by atoms with Crippen LogP contribution in [0.3, 0.4) is 0 Å². The summed E-state index contributed by atoms with van der Waals surface area (Å²) in [6, 6.07) is 24.6. The number of amides is 2. The van der Waals surface area contributed by atoms with E-state index in [0.717, 1.165) is 5.56 Å². The second-order valence-electron chi connectivity index (χ2n) is 7.06. The Morgan fingerprint density at radius 3 is 2.16 bits per heavy atom. The molecule has 0 aliphatic heterocycles. The first-order valence-electron chi connectivity index (χ1n) is 9.95. The van der Waals surface area contributed by atoms with Gasteiger partial charge in [-0.2, -0.15) is 0 Å². The fourth-order valence-corrected chi connectivity index (χ4v) is 3.81. The van der Waals surface area contributed by atoms with Crippen LogP contribution in [-0.4, -0.2) is 29.6 Å². The van der Waals surface area contributed by atoms with Crippen LogP contribution in [0, 0.1) is 0 Å².